The third-order valence-corrected chi connectivity index (χ3v) is 8.34. The zero-order valence-corrected chi connectivity index (χ0v) is 19.9. The fourth-order valence-electron chi connectivity index (χ4n) is 3.95. The molecule has 0 bridgehead atoms. The lowest BCUT2D eigenvalue weighted by Crippen LogP contribution is -2.50. The molecule has 0 unspecified atom stereocenters. The predicted octanol–water partition coefficient (Wildman–Crippen LogP) is 2.97. The second-order valence-corrected chi connectivity index (χ2v) is 10.6. The van der Waals surface area contributed by atoms with Crippen molar-refractivity contribution < 1.29 is 17.9 Å². The molecule has 32 heavy (non-hydrogen) atoms. The van der Waals surface area contributed by atoms with Gasteiger partial charge in [-0.3, -0.25) is 9.69 Å². The van der Waals surface area contributed by atoms with Crippen LogP contribution in [0.5, 0.6) is 0 Å². The third kappa shape index (κ3) is 5.27. The summed E-state index contributed by atoms with van der Waals surface area (Å²) in [5.74, 6) is -0.0911. The fourth-order valence-corrected chi connectivity index (χ4v) is 6.11. The molecule has 2 saturated heterocycles. The van der Waals surface area contributed by atoms with E-state index in [0.29, 0.717) is 23.7 Å². The van der Waals surface area contributed by atoms with Crippen molar-refractivity contribution in [2.75, 3.05) is 52.5 Å². The summed E-state index contributed by atoms with van der Waals surface area (Å²) in [5.41, 5.74) is 1.69. The molecule has 1 amide bonds. The van der Waals surface area contributed by atoms with Gasteiger partial charge in [0.2, 0.25) is 10.0 Å². The molecule has 0 N–H and O–H groups in total. The number of morpholine rings is 1. The van der Waals surface area contributed by atoms with Gasteiger partial charge in [0.15, 0.2) is 0 Å². The number of ether oxygens (including phenoxy) is 1. The minimum atomic E-state index is -3.79. The Kier molecular flexibility index (Phi) is 7.39. The van der Waals surface area contributed by atoms with Crippen molar-refractivity contribution in [3.05, 3.63) is 63.6 Å². The van der Waals surface area contributed by atoms with Gasteiger partial charge in [-0.2, -0.15) is 4.31 Å². The number of carbonyl (C=O) groups is 1. The number of benzene rings is 2. The van der Waals surface area contributed by atoms with Crippen molar-refractivity contribution in [3.8, 4) is 0 Å². The lowest BCUT2D eigenvalue weighted by atomic mass is 10.1. The summed E-state index contributed by atoms with van der Waals surface area (Å²) in [6.45, 7) is 5.01. The lowest BCUT2D eigenvalue weighted by Gasteiger charge is -2.34. The van der Waals surface area contributed by atoms with Crippen molar-refractivity contribution in [3.63, 3.8) is 0 Å². The van der Waals surface area contributed by atoms with Crippen molar-refractivity contribution in [1.29, 1.82) is 0 Å². The number of amides is 1. The van der Waals surface area contributed by atoms with Gasteiger partial charge < -0.3 is 9.64 Å². The highest BCUT2D eigenvalue weighted by molar-refractivity contribution is 7.89. The Bertz CT molecular complexity index is 1080. The van der Waals surface area contributed by atoms with Gasteiger partial charge in [0, 0.05) is 56.4 Å². The minimum Gasteiger partial charge on any atom is -0.379 e. The molecule has 0 aliphatic carbocycles. The Balaban J connectivity index is 1.40. The Labute approximate surface area is 198 Å². The second kappa shape index (κ2) is 10.1. The molecule has 2 aliphatic heterocycles. The quantitative estimate of drug-likeness (QED) is 0.634. The van der Waals surface area contributed by atoms with E-state index in [1.54, 1.807) is 17.0 Å². The number of sulfonamides is 1. The molecule has 172 valence electrons. The monoisotopic (exact) mass is 497 g/mol. The number of hydrogen-bond donors (Lipinski definition) is 0. The van der Waals surface area contributed by atoms with Crippen LogP contribution in [0.2, 0.25) is 10.0 Å². The number of nitrogens with zero attached hydrogens (tertiary/aromatic N) is 3. The first-order valence-corrected chi connectivity index (χ1v) is 12.7. The summed E-state index contributed by atoms with van der Waals surface area (Å²) >= 11 is 12.1. The van der Waals surface area contributed by atoms with E-state index in [-0.39, 0.29) is 28.9 Å². The van der Waals surface area contributed by atoms with E-state index in [4.69, 9.17) is 27.9 Å². The van der Waals surface area contributed by atoms with E-state index in [2.05, 4.69) is 4.90 Å². The number of carbonyl (C=O) groups excluding carboxylic acids is 1. The van der Waals surface area contributed by atoms with Crippen LogP contribution in [-0.4, -0.2) is 80.9 Å². The van der Waals surface area contributed by atoms with Gasteiger partial charge >= 0.3 is 0 Å². The van der Waals surface area contributed by atoms with Crippen LogP contribution in [0.15, 0.2) is 47.4 Å². The maximum Gasteiger partial charge on any atom is 0.253 e. The van der Waals surface area contributed by atoms with Crippen LogP contribution in [0.1, 0.15) is 15.9 Å². The topological polar surface area (TPSA) is 70.2 Å². The van der Waals surface area contributed by atoms with Crippen LogP contribution in [0.3, 0.4) is 0 Å². The van der Waals surface area contributed by atoms with Crippen molar-refractivity contribution >= 4 is 39.1 Å². The van der Waals surface area contributed by atoms with E-state index in [9.17, 15) is 13.2 Å². The van der Waals surface area contributed by atoms with Gasteiger partial charge in [0.25, 0.3) is 5.91 Å². The number of piperazine rings is 1. The van der Waals surface area contributed by atoms with Gasteiger partial charge in [-0.05, 0) is 35.9 Å². The predicted molar refractivity (Wildman–Crippen MR) is 124 cm³/mol. The summed E-state index contributed by atoms with van der Waals surface area (Å²) in [5, 5.41) is 0.434. The Morgan fingerprint density at radius 2 is 1.66 bits per heavy atom. The number of rotatable bonds is 5. The summed E-state index contributed by atoms with van der Waals surface area (Å²) in [6.07, 6.45) is 0. The van der Waals surface area contributed by atoms with E-state index >= 15 is 0 Å². The van der Waals surface area contributed by atoms with Gasteiger partial charge in [-0.1, -0.05) is 35.3 Å². The fraction of sp³-hybridized carbons (Fsp3) is 0.409. The normalized spacial score (nSPS) is 18.6. The molecule has 0 saturated carbocycles. The third-order valence-electron chi connectivity index (χ3n) is 5.72. The van der Waals surface area contributed by atoms with Crippen molar-refractivity contribution in [1.82, 2.24) is 14.1 Å². The van der Waals surface area contributed by atoms with Crippen LogP contribution in [0.4, 0.5) is 0 Å². The minimum absolute atomic E-state index is 0.0118. The van der Waals surface area contributed by atoms with Crippen LogP contribution >= 0.6 is 23.2 Å². The first kappa shape index (κ1) is 23.5. The first-order chi connectivity index (χ1) is 15.3. The largest absolute Gasteiger partial charge is 0.379 e. The molecule has 2 aromatic carbocycles. The average Bonchev–Trinajstić information content (AvgIpc) is 2.81. The van der Waals surface area contributed by atoms with Crippen molar-refractivity contribution in [2.24, 2.45) is 0 Å². The summed E-state index contributed by atoms with van der Waals surface area (Å²) in [7, 11) is -3.79. The molecule has 10 heteroatoms. The molecular formula is C22H25Cl2N3O4S. The molecule has 2 aliphatic rings. The smallest absolute Gasteiger partial charge is 0.253 e. The highest BCUT2D eigenvalue weighted by Crippen LogP contribution is 2.28. The highest BCUT2D eigenvalue weighted by atomic mass is 35.5. The van der Waals surface area contributed by atoms with Gasteiger partial charge in [-0.15, -0.1) is 0 Å². The second-order valence-electron chi connectivity index (χ2n) is 7.86. The maximum absolute atomic E-state index is 13.1. The molecule has 0 aromatic heterocycles. The molecular weight excluding hydrogens is 473 g/mol. The van der Waals surface area contributed by atoms with Crippen LogP contribution in [0, 0.1) is 0 Å². The summed E-state index contributed by atoms with van der Waals surface area (Å²) in [6, 6.07) is 12.0. The van der Waals surface area contributed by atoms with Crippen LogP contribution in [0.25, 0.3) is 0 Å². The Hall–Kier alpha value is -1.68. The van der Waals surface area contributed by atoms with Gasteiger partial charge in [0.1, 0.15) is 4.90 Å². The molecule has 2 heterocycles. The van der Waals surface area contributed by atoms with Crippen LogP contribution in [-0.2, 0) is 21.3 Å². The van der Waals surface area contributed by atoms with E-state index < -0.39 is 10.0 Å². The summed E-state index contributed by atoms with van der Waals surface area (Å²) < 4.78 is 32.8. The maximum atomic E-state index is 13.1. The number of halogens is 2. The Morgan fingerprint density at radius 3 is 2.38 bits per heavy atom. The summed E-state index contributed by atoms with van der Waals surface area (Å²) in [4.78, 5) is 17.0. The first-order valence-electron chi connectivity index (χ1n) is 10.5. The van der Waals surface area contributed by atoms with E-state index in [1.165, 1.54) is 16.4 Å². The van der Waals surface area contributed by atoms with Crippen molar-refractivity contribution in [2.45, 2.75) is 11.4 Å². The van der Waals surface area contributed by atoms with Crippen LogP contribution < -0.4 is 0 Å². The SMILES string of the molecule is O=C(c1cccc(CN2CCOCC2)c1)N1CCN(S(=O)(=O)c2cc(Cl)ccc2Cl)CC1. The standard InChI is InChI=1S/C22H25Cl2N3O4S/c23-19-4-5-20(24)21(15-19)32(29,30)27-8-6-26(7-9-27)22(28)18-3-1-2-17(14-18)16-25-10-12-31-13-11-25/h1-5,14-15H,6-13,16H2. The van der Waals surface area contributed by atoms with Gasteiger partial charge in [0.05, 0.1) is 18.2 Å². The molecule has 2 fully saturated rings. The molecule has 2 aromatic rings. The lowest BCUT2D eigenvalue weighted by molar-refractivity contribution is 0.0341. The van der Waals surface area contributed by atoms with E-state index in [1.807, 2.05) is 18.2 Å². The zero-order valence-electron chi connectivity index (χ0n) is 17.5. The highest BCUT2D eigenvalue weighted by Gasteiger charge is 2.32. The number of hydrogen-bond acceptors (Lipinski definition) is 5. The zero-order chi connectivity index (χ0) is 22.7. The average molecular weight is 498 g/mol. The molecule has 4 rings (SSSR count). The molecule has 0 spiro atoms. The molecule has 0 radical (unpaired) electrons. The van der Waals surface area contributed by atoms with Gasteiger partial charge in [-0.25, -0.2) is 8.42 Å². The molecule has 7 nitrogen and oxygen atoms in total. The molecule has 0 atom stereocenters. The Morgan fingerprint density at radius 1 is 0.938 bits per heavy atom. The van der Waals surface area contributed by atoms with E-state index in [0.717, 1.165) is 38.4 Å².